The highest BCUT2D eigenvalue weighted by molar-refractivity contribution is 7.17. The summed E-state index contributed by atoms with van der Waals surface area (Å²) in [5.74, 6) is 0.511. The summed E-state index contributed by atoms with van der Waals surface area (Å²) < 4.78 is 4.18. The highest BCUT2D eigenvalue weighted by Gasteiger charge is 2.18. The fourth-order valence-corrected chi connectivity index (χ4v) is 5.73. The molecule has 0 radical (unpaired) electrons. The second-order valence-electron chi connectivity index (χ2n) is 9.37. The second kappa shape index (κ2) is 9.83. The van der Waals surface area contributed by atoms with Gasteiger partial charge in [0.05, 0.1) is 10.2 Å². The molecule has 1 amide bonds. The van der Waals surface area contributed by atoms with E-state index in [1.165, 1.54) is 21.5 Å². The van der Waals surface area contributed by atoms with Crippen molar-refractivity contribution >= 4 is 38.7 Å². The van der Waals surface area contributed by atoms with E-state index in [9.17, 15) is 9.59 Å². The topological polar surface area (TPSA) is 74.9 Å². The van der Waals surface area contributed by atoms with Gasteiger partial charge in [-0.15, -0.1) is 11.3 Å². The number of rotatable bonds is 7. The average molecular weight is 493 g/mol. The lowest BCUT2D eigenvalue weighted by Crippen LogP contribution is -2.47. The van der Waals surface area contributed by atoms with Crippen molar-refractivity contribution in [3.63, 3.8) is 0 Å². The highest BCUT2D eigenvalue weighted by atomic mass is 32.1. The third kappa shape index (κ3) is 4.83. The summed E-state index contributed by atoms with van der Waals surface area (Å²) in [5, 5.41) is 9.34. The summed E-state index contributed by atoms with van der Waals surface area (Å²) in [6.45, 7) is 11.7. The van der Waals surface area contributed by atoms with E-state index in [1.807, 2.05) is 28.8 Å². The van der Waals surface area contributed by atoms with Gasteiger partial charge in [0.15, 0.2) is 0 Å². The van der Waals surface area contributed by atoms with E-state index in [4.69, 9.17) is 0 Å². The predicted octanol–water partition coefficient (Wildman–Crippen LogP) is 2.96. The van der Waals surface area contributed by atoms with Gasteiger partial charge in [0.2, 0.25) is 5.91 Å². The summed E-state index contributed by atoms with van der Waals surface area (Å²) in [4.78, 5) is 30.3. The number of hydrogen-bond donors (Lipinski definition) is 1. The van der Waals surface area contributed by atoms with Crippen molar-refractivity contribution in [2.24, 2.45) is 0 Å². The number of fused-ring (bicyclic) bond motifs is 3. The molecule has 0 atom stereocenters. The molecule has 0 unspecified atom stereocenters. The fraction of sp³-hybridized carbons (Fsp3) is 0.423. The maximum atomic E-state index is 12.9. The normalized spacial score (nSPS) is 14.8. The number of anilines is 1. The minimum absolute atomic E-state index is 0.0660. The molecular weight excluding hydrogens is 460 g/mol. The Kier molecular flexibility index (Phi) is 6.62. The van der Waals surface area contributed by atoms with Gasteiger partial charge in [-0.05, 0) is 68.4 Å². The minimum Gasteiger partial charge on any atom is -0.369 e. The Hall–Kier alpha value is -3.17. The molecule has 0 aliphatic carbocycles. The lowest BCUT2D eigenvalue weighted by atomic mass is 10.1. The standard InChI is InChI=1S/C26H32N6O2S/c1-18-5-6-19(2)22(15-18)30-12-10-29(11-13-30)9-4-8-27-25(33)17-31-26(34)23-16-24-21(7-14-35-24)32(23)20(3)28-31/h5-7,14-16H,4,8-13,17H2,1-3H3,(H,27,33). The quantitative estimate of drug-likeness (QED) is 0.402. The monoisotopic (exact) mass is 492 g/mol. The molecule has 4 aromatic rings. The predicted molar refractivity (Wildman–Crippen MR) is 142 cm³/mol. The van der Waals surface area contributed by atoms with Gasteiger partial charge in [-0.25, -0.2) is 4.68 Å². The van der Waals surface area contributed by atoms with Crippen LogP contribution >= 0.6 is 11.3 Å². The van der Waals surface area contributed by atoms with Gasteiger partial charge in [0.1, 0.15) is 17.9 Å². The van der Waals surface area contributed by atoms with Crippen molar-refractivity contribution in [1.82, 2.24) is 24.4 Å². The van der Waals surface area contributed by atoms with Crippen molar-refractivity contribution in [3.05, 3.63) is 63.0 Å². The van der Waals surface area contributed by atoms with Crippen LogP contribution in [0.3, 0.4) is 0 Å². The fourth-order valence-electron chi connectivity index (χ4n) is 4.93. The van der Waals surface area contributed by atoms with Crippen molar-refractivity contribution in [2.45, 2.75) is 33.7 Å². The molecule has 0 saturated carbocycles. The first-order chi connectivity index (χ1) is 16.9. The van der Waals surface area contributed by atoms with Crippen LogP contribution in [0.1, 0.15) is 23.4 Å². The Labute approximate surface area is 208 Å². The smallest absolute Gasteiger partial charge is 0.291 e. The number of amides is 1. The number of hydrogen-bond acceptors (Lipinski definition) is 6. The molecule has 0 bridgehead atoms. The molecule has 1 fully saturated rings. The first kappa shape index (κ1) is 23.6. The van der Waals surface area contributed by atoms with Gasteiger partial charge < -0.3 is 10.2 Å². The van der Waals surface area contributed by atoms with Crippen molar-refractivity contribution < 1.29 is 4.79 Å². The number of aryl methyl sites for hydroxylation is 3. The third-order valence-corrected chi connectivity index (χ3v) is 7.66. The number of thiophene rings is 1. The zero-order valence-corrected chi connectivity index (χ0v) is 21.4. The number of nitrogens with one attached hydrogen (secondary N) is 1. The number of nitrogens with zero attached hydrogens (tertiary/aromatic N) is 5. The molecule has 1 aliphatic heterocycles. The van der Waals surface area contributed by atoms with E-state index in [-0.39, 0.29) is 18.0 Å². The molecule has 1 aliphatic rings. The Morgan fingerprint density at radius 1 is 1.06 bits per heavy atom. The van der Waals surface area contributed by atoms with Crippen molar-refractivity contribution in [2.75, 3.05) is 44.2 Å². The molecule has 4 heterocycles. The summed E-state index contributed by atoms with van der Waals surface area (Å²) in [6.07, 6.45) is 0.880. The van der Waals surface area contributed by atoms with Crippen LogP contribution in [0, 0.1) is 20.8 Å². The first-order valence-corrected chi connectivity index (χ1v) is 13.1. The van der Waals surface area contributed by atoms with Gasteiger partial charge in [0.25, 0.3) is 5.56 Å². The molecule has 9 heteroatoms. The Morgan fingerprint density at radius 2 is 1.86 bits per heavy atom. The van der Waals surface area contributed by atoms with E-state index >= 15 is 0 Å². The lowest BCUT2D eigenvalue weighted by Gasteiger charge is -2.37. The largest absolute Gasteiger partial charge is 0.369 e. The Morgan fingerprint density at radius 3 is 2.66 bits per heavy atom. The van der Waals surface area contributed by atoms with Gasteiger partial charge in [-0.2, -0.15) is 5.10 Å². The molecule has 8 nitrogen and oxygen atoms in total. The Bertz CT molecular complexity index is 1430. The summed E-state index contributed by atoms with van der Waals surface area (Å²) >= 11 is 1.59. The van der Waals surface area contributed by atoms with Crippen molar-refractivity contribution in [3.8, 4) is 0 Å². The number of aromatic nitrogens is 3. The number of benzene rings is 1. The van der Waals surface area contributed by atoms with Crippen LogP contribution in [0.25, 0.3) is 15.7 Å². The average Bonchev–Trinajstić information content (AvgIpc) is 3.44. The maximum Gasteiger partial charge on any atom is 0.291 e. The van der Waals surface area contributed by atoms with E-state index in [2.05, 4.69) is 52.3 Å². The molecule has 1 aromatic carbocycles. The van der Waals surface area contributed by atoms with Gasteiger partial charge in [-0.1, -0.05) is 12.1 Å². The Balaban J connectivity index is 1.09. The second-order valence-corrected chi connectivity index (χ2v) is 10.3. The first-order valence-electron chi connectivity index (χ1n) is 12.2. The SMILES string of the molecule is Cc1ccc(C)c(N2CCN(CCCNC(=O)Cn3nc(C)n4c(cc5sccc54)c3=O)CC2)c1. The molecule has 184 valence electrons. The molecule has 1 saturated heterocycles. The lowest BCUT2D eigenvalue weighted by molar-refractivity contribution is -0.121. The zero-order chi connectivity index (χ0) is 24.5. The van der Waals surface area contributed by atoms with Crippen LogP contribution < -0.4 is 15.8 Å². The summed E-state index contributed by atoms with van der Waals surface area (Å²) in [7, 11) is 0. The van der Waals surface area contributed by atoms with Gasteiger partial charge >= 0.3 is 0 Å². The van der Waals surface area contributed by atoms with Crippen molar-refractivity contribution in [1.29, 1.82) is 0 Å². The van der Waals surface area contributed by atoms with Crippen LogP contribution in [-0.2, 0) is 11.3 Å². The third-order valence-electron chi connectivity index (χ3n) is 6.81. The van der Waals surface area contributed by atoms with Crippen LogP contribution in [0.15, 0.2) is 40.5 Å². The zero-order valence-electron chi connectivity index (χ0n) is 20.6. The van der Waals surface area contributed by atoms with Crippen LogP contribution in [0.5, 0.6) is 0 Å². The maximum absolute atomic E-state index is 12.9. The van der Waals surface area contributed by atoms with E-state index < -0.39 is 0 Å². The van der Waals surface area contributed by atoms with Crippen LogP contribution in [0.4, 0.5) is 5.69 Å². The molecule has 35 heavy (non-hydrogen) atoms. The molecule has 5 rings (SSSR count). The summed E-state index contributed by atoms with van der Waals surface area (Å²) in [6, 6.07) is 10.5. The van der Waals surface area contributed by atoms with E-state index in [1.54, 1.807) is 11.3 Å². The number of piperazine rings is 1. The number of carbonyl (C=O) groups excluding carboxylic acids is 1. The highest BCUT2D eigenvalue weighted by Crippen LogP contribution is 2.24. The van der Waals surface area contributed by atoms with E-state index in [0.717, 1.165) is 49.4 Å². The molecular formula is C26H32N6O2S. The van der Waals surface area contributed by atoms with Gasteiger partial charge in [0, 0.05) is 38.4 Å². The summed E-state index contributed by atoms with van der Waals surface area (Å²) in [5.41, 5.74) is 5.27. The minimum atomic E-state index is -0.240. The molecule has 3 aromatic heterocycles. The number of carbonyl (C=O) groups is 1. The van der Waals surface area contributed by atoms with Crippen LogP contribution in [0.2, 0.25) is 0 Å². The van der Waals surface area contributed by atoms with E-state index in [0.29, 0.717) is 17.9 Å². The van der Waals surface area contributed by atoms with Gasteiger partial charge in [-0.3, -0.25) is 18.9 Å². The molecule has 0 spiro atoms. The van der Waals surface area contributed by atoms with Crippen LogP contribution in [-0.4, -0.2) is 64.3 Å². The molecule has 1 N–H and O–H groups in total.